The second kappa shape index (κ2) is 8.45. The zero-order valence-electron chi connectivity index (χ0n) is 13.5. The number of hydrogen-bond acceptors (Lipinski definition) is 3. The van der Waals surface area contributed by atoms with E-state index >= 15 is 0 Å². The molecule has 2 aromatic carbocycles. The molecule has 1 amide bonds. The van der Waals surface area contributed by atoms with Crippen molar-refractivity contribution in [3.05, 3.63) is 69.7 Å². The fourth-order valence-electron chi connectivity index (χ4n) is 2.17. The molecule has 0 aliphatic carbocycles. The maximum absolute atomic E-state index is 11.8. The topological polar surface area (TPSA) is 55.4 Å². The van der Waals surface area contributed by atoms with Crippen LogP contribution in [0.5, 0.6) is 0 Å². The number of ether oxygens (including phenoxy) is 1. The summed E-state index contributed by atoms with van der Waals surface area (Å²) in [4.78, 5) is 23.5. The third-order valence-corrected chi connectivity index (χ3v) is 3.66. The average Bonchev–Trinajstić information content (AvgIpc) is 2.51. The van der Waals surface area contributed by atoms with Crippen molar-refractivity contribution in [2.24, 2.45) is 0 Å². The first-order valence-corrected chi connectivity index (χ1v) is 8.20. The summed E-state index contributed by atoms with van der Waals surface area (Å²) < 4.78 is 5.90. The molecule has 0 saturated carbocycles. The van der Waals surface area contributed by atoms with Crippen molar-refractivity contribution in [2.45, 2.75) is 13.8 Å². The largest absolute Gasteiger partial charge is 0.452 e. The van der Waals surface area contributed by atoms with Crippen LogP contribution in [0.4, 0.5) is 5.69 Å². The molecule has 2 rings (SSSR count). The van der Waals surface area contributed by atoms with E-state index in [0.717, 1.165) is 21.2 Å². The number of anilines is 1. The molecule has 0 bridgehead atoms. The van der Waals surface area contributed by atoms with Gasteiger partial charge in [0.05, 0.1) is 0 Å². The van der Waals surface area contributed by atoms with E-state index in [1.165, 1.54) is 6.08 Å². The second-order valence-electron chi connectivity index (χ2n) is 5.42. The van der Waals surface area contributed by atoms with E-state index in [9.17, 15) is 9.59 Å². The van der Waals surface area contributed by atoms with Crippen LogP contribution in [-0.2, 0) is 14.3 Å². The number of aryl methyl sites for hydroxylation is 2. The highest BCUT2D eigenvalue weighted by Crippen LogP contribution is 2.14. The van der Waals surface area contributed by atoms with Gasteiger partial charge < -0.3 is 10.1 Å². The van der Waals surface area contributed by atoms with Crippen molar-refractivity contribution in [3.8, 4) is 0 Å². The van der Waals surface area contributed by atoms with E-state index in [1.54, 1.807) is 6.08 Å². The lowest BCUT2D eigenvalue weighted by atomic mass is 10.1. The Kier molecular flexibility index (Phi) is 6.32. The van der Waals surface area contributed by atoms with E-state index in [2.05, 4.69) is 21.2 Å². The fourth-order valence-corrected chi connectivity index (χ4v) is 2.43. The van der Waals surface area contributed by atoms with Gasteiger partial charge in [-0.3, -0.25) is 4.79 Å². The highest BCUT2D eigenvalue weighted by atomic mass is 79.9. The van der Waals surface area contributed by atoms with Gasteiger partial charge in [0, 0.05) is 16.2 Å². The van der Waals surface area contributed by atoms with Gasteiger partial charge in [0.15, 0.2) is 6.61 Å². The van der Waals surface area contributed by atoms with Crippen molar-refractivity contribution in [1.82, 2.24) is 0 Å². The van der Waals surface area contributed by atoms with Crippen LogP contribution >= 0.6 is 15.9 Å². The summed E-state index contributed by atoms with van der Waals surface area (Å²) in [7, 11) is 0. The molecule has 0 saturated heterocycles. The van der Waals surface area contributed by atoms with Crippen molar-refractivity contribution < 1.29 is 14.3 Å². The van der Waals surface area contributed by atoms with Crippen LogP contribution in [0.25, 0.3) is 6.08 Å². The number of carbonyl (C=O) groups is 2. The Hall–Kier alpha value is -2.40. The highest BCUT2D eigenvalue weighted by molar-refractivity contribution is 9.10. The summed E-state index contributed by atoms with van der Waals surface area (Å²) in [5.74, 6) is -0.932. The SMILES string of the molecule is Cc1cc(C)cc(NC(=O)COC(=O)/C=C/c2ccc(Br)cc2)c1. The van der Waals surface area contributed by atoms with E-state index in [1.807, 2.05) is 56.3 Å². The molecule has 5 heteroatoms. The molecular weight excluding hydrogens is 370 g/mol. The first-order valence-electron chi connectivity index (χ1n) is 7.41. The Labute approximate surface area is 149 Å². The second-order valence-corrected chi connectivity index (χ2v) is 6.33. The molecule has 4 nitrogen and oxygen atoms in total. The Morgan fingerprint density at radius 2 is 1.71 bits per heavy atom. The van der Waals surface area contributed by atoms with Gasteiger partial charge in [-0.2, -0.15) is 0 Å². The van der Waals surface area contributed by atoms with Gasteiger partial charge >= 0.3 is 5.97 Å². The summed E-state index contributed by atoms with van der Waals surface area (Å²) in [5.41, 5.74) is 3.67. The summed E-state index contributed by atoms with van der Waals surface area (Å²) in [6.07, 6.45) is 2.93. The summed E-state index contributed by atoms with van der Waals surface area (Å²) in [6, 6.07) is 13.2. The molecule has 1 N–H and O–H groups in total. The van der Waals surface area contributed by atoms with Crippen LogP contribution in [-0.4, -0.2) is 18.5 Å². The summed E-state index contributed by atoms with van der Waals surface area (Å²) in [6.45, 7) is 3.59. The van der Waals surface area contributed by atoms with Gasteiger partial charge in [-0.25, -0.2) is 4.79 Å². The molecule has 0 aliphatic rings. The lowest BCUT2D eigenvalue weighted by Gasteiger charge is -2.07. The molecule has 0 radical (unpaired) electrons. The number of benzene rings is 2. The van der Waals surface area contributed by atoms with Crippen molar-refractivity contribution in [3.63, 3.8) is 0 Å². The molecule has 0 spiro atoms. The van der Waals surface area contributed by atoms with E-state index in [4.69, 9.17) is 4.74 Å². The highest BCUT2D eigenvalue weighted by Gasteiger charge is 2.06. The summed E-state index contributed by atoms with van der Waals surface area (Å²) in [5, 5.41) is 2.71. The molecule has 0 aromatic heterocycles. The van der Waals surface area contributed by atoms with E-state index in [-0.39, 0.29) is 12.5 Å². The first kappa shape index (κ1) is 17.9. The molecule has 24 heavy (non-hydrogen) atoms. The van der Waals surface area contributed by atoms with Crippen LogP contribution in [0.2, 0.25) is 0 Å². The van der Waals surface area contributed by atoms with Crippen LogP contribution < -0.4 is 5.32 Å². The van der Waals surface area contributed by atoms with Crippen LogP contribution in [0.1, 0.15) is 16.7 Å². The number of amides is 1. The van der Waals surface area contributed by atoms with E-state index < -0.39 is 5.97 Å². The zero-order chi connectivity index (χ0) is 17.5. The quantitative estimate of drug-likeness (QED) is 0.615. The molecular formula is C19H18BrNO3. The van der Waals surface area contributed by atoms with Gasteiger partial charge in [0.25, 0.3) is 5.91 Å². The van der Waals surface area contributed by atoms with Gasteiger partial charge in [0.2, 0.25) is 0 Å². The number of halogens is 1. The number of carbonyl (C=O) groups excluding carboxylic acids is 2. The number of hydrogen-bond donors (Lipinski definition) is 1. The maximum Gasteiger partial charge on any atom is 0.331 e. The molecule has 124 valence electrons. The molecule has 0 heterocycles. The van der Waals surface area contributed by atoms with Crippen molar-refractivity contribution >= 4 is 39.6 Å². The first-order chi connectivity index (χ1) is 11.4. The monoisotopic (exact) mass is 387 g/mol. The van der Waals surface area contributed by atoms with E-state index in [0.29, 0.717) is 5.69 Å². The van der Waals surface area contributed by atoms with Crippen molar-refractivity contribution in [1.29, 1.82) is 0 Å². The number of rotatable bonds is 5. The molecule has 0 aliphatic heterocycles. The van der Waals surface area contributed by atoms with Gasteiger partial charge in [-0.15, -0.1) is 0 Å². The van der Waals surface area contributed by atoms with Gasteiger partial charge in [-0.05, 0) is 60.9 Å². The average molecular weight is 388 g/mol. The Morgan fingerprint density at radius 3 is 2.33 bits per heavy atom. The molecule has 0 atom stereocenters. The lowest BCUT2D eigenvalue weighted by molar-refractivity contribution is -0.142. The Morgan fingerprint density at radius 1 is 1.08 bits per heavy atom. The minimum absolute atomic E-state index is 0.323. The molecule has 0 fully saturated rings. The predicted molar refractivity (Wildman–Crippen MR) is 98.7 cm³/mol. The Bertz CT molecular complexity index is 746. The van der Waals surface area contributed by atoms with Crippen LogP contribution in [0.3, 0.4) is 0 Å². The number of nitrogens with one attached hydrogen (secondary N) is 1. The third kappa shape index (κ3) is 6.01. The van der Waals surface area contributed by atoms with Gasteiger partial charge in [-0.1, -0.05) is 34.1 Å². The standard InChI is InChI=1S/C19H18BrNO3/c1-13-9-14(2)11-17(10-13)21-18(22)12-24-19(23)8-5-15-3-6-16(20)7-4-15/h3-11H,12H2,1-2H3,(H,21,22)/b8-5+. The minimum atomic E-state index is -0.562. The fraction of sp³-hybridized carbons (Fsp3) is 0.158. The van der Waals surface area contributed by atoms with Crippen LogP contribution in [0.15, 0.2) is 53.0 Å². The van der Waals surface area contributed by atoms with Gasteiger partial charge in [0.1, 0.15) is 0 Å². The minimum Gasteiger partial charge on any atom is -0.452 e. The molecule has 2 aromatic rings. The smallest absolute Gasteiger partial charge is 0.331 e. The Balaban J connectivity index is 1.82. The lowest BCUT2D eigenvalue weighted by Crippen LogP contribution is -2.20. The van der Waals surface area contributed by atoms with Crippen LogP contribution in [0, 0.1) is 13.8 Å². The molecule has 0 unspecified atom stereocenters. The summed E-state index contributed by atoms with van der Waals surface area (Å²) >= 11 is 3.34. The third-order valence-electron chi connectivity index (χ3n) is 3.13. The number of esters is 1. The normalized spacial score (nSPS) is 10.6. The maximum atomic E-state index is 11.8. The predicted octanol–water partition coefficient (Wildman–Crippen LogP) is 4.26. The van der Waals surface area contributed by atoms with Crippen molar-refractivity contribution in [2.75, 3.05) is 11.9 Å². The zero-order valence-corrected chi connectivity index (χ0v) is 15.1.